The average Bonchev–Trinajstić information content (AvgIpc) is 3.99. The molecule has 3 aromatic heterocycles. The number of rotatable bonds is 6. The molecule has 0 spiro atoms. The van der Waals surface area contributed by atoms with Crippen molar-refractivity contribution in [2.75, 3.05) is 38.0 Å². The van der Waals surface area contributed by atoms with Crippen molar-refractivity contribution in [1.82, 2.24) is 39.9 Å². The zero-order valence-corrected chi connectivity index (χ0v) is 36.7. The molecule has 0 fully saturated rings. The molecule has 0 atom stereocenters. The maximum absolute atomic E-state index is 6.70. The van der Waals surface area contributed by atoms with Crippen molar-refractivity contribution in [3.8, 4) is 68.5 Å². The van der Waals surface area contributed by atoms with E-state index in [1.165, 1.54) is 0 Å². The first kappa shape index (κ1) is 37.8. The normalized spacial score (nSPS) is 11.5. The van der Waals surface area contributed by atoms with E-state index in [1.54, 1.807) is 0 Å². The summed E-state index contributed by atoms with van der Waals surface area (Å²) in [6.07, 6.45) is 0. The first-order valence-corrected chi connectivity index (χ1v) is 19.4. The average molecular weight is 848 g/mol. The van der Waals surface area contributed by atoms with E-state index < -0.39 is 0 Å². The third-order valence-corrected chi connectivity index (χ3v) is 10.6. The molecule has 0 aliphatic carbocycles. The maximum atomic E-state index is 6.70. The number of fused-ring (bicyclic) bond motifs is 20. The SMILES string of the molecule is CN(C)c1cccc(Oc2cc3c(cc2Oc2cccc(N(C)C)c2)-c2nc-3nc3[n-]c(nc4nc(nc5[n-]c(n2)c2ccccc52)-c2ccccc2-4)c2ccccc32)c1.[Zn+2]. The Morgan fingerprint density at radius 1 is 0.377 bits per heavy atom. The summed E-state index contributed by atoms with van der Waals surface area (Å²) in [6, 6.07) is 43.4. The molecule has 8 bridgehead atoms. The summed E-state index contributed by atoms with van der Waals surface area (Å²) < 4.78 is 13.4. The van der Waals surface area contributed by atoms with Crippen LogP contribution in [-0.4, -0.2) is 58.1 Å². The molecule has 6 aromatic carbocycles. The van der Waals surface area contributed by atoms with Gasteiger partial charge in [-0.25, -0.2) is 9.97 Å². The van der Waals surface area contributed by atoms with Gasteiger partial charge in [0.2, 0.25) is 0 Å². The van der Waals surface area contributed by atoms with Crippen molar-refractivity contribution < 1.29 is 29.0 Å². The maximum Gasteiger partial charge on any atom is 2.00 e. The molecule has 2 aliphatic heterocycles. The van der Waals surface area contributed by atoms with Crippen molar-refractivity contribution >= 4 is 55.5 Å². The summed E-state index contributed by atoms with van der Waals surface area (Å²) in [7, 11) is 7.98. The predicted octanol–water partition coefficient (Wildman–Crippen LogP) is 9.84. The minimum absolute atomic E-state index is 0. The molecule has 61 heavy (non-hydrogen) atoms. The number of hydrogen-bond donors (Lipinski definition) is 0. The van der Waals surface area contributed by atoms with Crippen LogP contribution in [0.5, 0.6) is 23.0 Å². The first-order valence-electron chi connectivity index (χ1n) is 19.4. The van der Waals surface area contributed by atoms with E-state index in [0.29, 0.717) is 80.0 Å². The third kappa shape index (κ3) is 6.69. The summed E-state index contributed by atoms with van der Waals surface area (Å²) in [5.41, 5.74) is 6.97. The molecule has 0 saturated carbocycles. The van der Waals surface area contributed by atoms with E-state index >= 15 is 0 Å². The van der Waals surface area contributed by atoms with Gasteiger partial charge < -0.3 is 49.2 Å². The topological polar surface area (TPSA) is 130 Å². The number of hydrogen-bond acceptors (Lipinski definition) is 10. The fraction of sp³-hybridized carbons (Fsp3) is 0.0833. The monoisotopic (exact) mass is 846 g/mol. The van der Waals surface area contributed by atoms with Crippen LogP contribution < -0.4 is 29.2 Å². The molecule has 0 amide bonds. The van der Waals surface area contributed by atoms with Crippen LogP contribution in [0.15, 0.2) is 133 Å². The first-order chi connectivity index (χ1) is 29.3. The molecule has 0 radical (unpaired) electrons. The molecule has 11 rings (SSSR count). The molecule has 290 valence electrons. The van der Waals surface area contributed by atoms with Crippen LogP contribution in [0.4, 0.5) is 11.4 Å². The van der Waals surface area contributed by atoms with E-state index in [0.717, 1.165) is 44.0 Å². The Morgan fingerprint density at radius 3 is 1.08 bits per heavy atom. The Hall–Kier alpha value is -7.50. The Labute approximate surface area is 362 Å². The standard InChI is InChI=1S/C48H34N10O2.Zn/c1-57(2)27-13-11-15-29(23-27)59-39-25-37-38(26-40(39)60-30-16-12-14-28(24-30)58(3)4)48-55-46-36-22-10-8-20-34(36)44(53-46)51-42-32-18-6-5-17-31(32)41(49-42)50-43-33-19-7-9-21-35(33)45(52-43)54-47(37)56-48;/h5-26H,1-4H3;/q-2;+2. The molecule has 0 saturated heterocycles. The van der Waals surface area contributed by atoms with Crippen LogP contribution in [0.25, 0.3) is 89.7 Å². The van der Waals surface area contributed by atoms with E-state index in [4.69, 9.17) is 49.3 Å². The molecule has 9 aromatic rings. The minimum atomic E-state index is 0. The molecule has 13 heteroatoms. The van der Waals surface area contributed by atoms with E-state index in [2.05, 4.69) is 0 Å². The Kier molecular flexibility index (Phi) is 9.26. The molecule has 0 unspecified atom stereocenters. The van der Waals surface area contributed by atoms with Gasteiger partial charge in [0.05, 0.1) is 23.3 Å². The number of nitrogens with zero attached hydrogens (tertiary/aromatic N) is 10. The van der Waals surface area contributed by atoms with Crippen molar-refractivity contribution in [3.05, 3.63) is 133 Å². The van der Waals surface area contributed by atoms with E-state index in [-0.39, 0.29) is 19.5 Å². The van der Waals surface area contributed by atoms with E-state index in [1.807, 2.05) is 171 Å². The van der Waals surface area contributed by atoms with Gasteiger partial charge in [0, 0.05) is 96.5 Å². The van der Waals surface area contributed by atoms with Gasteiger partial charge >= 0.3 is 19.5 Å². The zero-order chi connectivity index (χ0) is 40.5. The van der Waals surface area contributed by atoms with Crippen LogP contribution >= 0.6 is 0 Å². The van der Waals surface area contributed by atoms with Crippen molar-refractivity contribution in [3.63, 3.8) is 0 Å². The summed E-state index contributed by atoms with van der Waals surface area (Å²) in [4.78, 5) is 44.6. The van der Waals surface area contributed by atoms with Gasteiger partial charge in [0.15, 0.2) is 11.5 Å². The van der Waals surface area contributed by atoms with Gasteiger partial charge in [0.1, 0.15) is 11.5 Å². The van der Waals surface area contributed by atoms with Gasteiger partial charge in [0.25, 0.3) is 0 Å². The predicted molar refractivity (Wildman–Crippen MR) is 236 cm³/mol. The van der Waals surface area contributed by atoms with Crippen molar-refractivity contribution in [1.29, 1.82) is 0 Å². The minimum Gasteiger partial charge on any atom is -0.453 e. The second-order valence-electron chi connectivity index (χ2n) is 15.0. The van der Waals surface area contributed by atoms with Crippen molar-refractivity contribution in [2.24, 2.45) is 0 Å². The number of ether oxygens (including phenoxy) is 2. The smallest absolute Gasteiger partial charge is 0.453 e. The molecule has 0 N–H and O–H groups in total. The zero-order valence-electron chi connectivity index (χ0n) is 33.7. The molecule has 5 heterocycles. The van der Waals surface area contributed by atoms with Crippen LogP contribution in [-0.2, 0) is 19.5 Å². The Morgan fingerprint density at radius 2 is 0.721 bits per heavy atom. The summed E-state index contributed by atoms with van der Waals surface area (Å²) in [6.45, 7) is 0. The van der Waals surface area contributed by atoms with Gasteiger partial charge in [-0.15, -0.1) is 0 Å². The molecular weight excluding hydrogens is 814 g/mol. The summed E-state index contributed by atoms with van der Waals surface area (Å²) in [5, 5.41) is 3.31. The molecule has 2 aliphatic rings. The number of benzene rings is 6. The van der Waals surface area contributed by atoms with Crippen LogP contribution in [0.2, 0.25) is 0 Å². The Balaban J connectivity index is 0.00000445. The summed E-state index contributed by atoms with van der Waals surface area (Å²) >= 11 is 0. The third-order valence-electron chi connectivity index (χ3n) is 10.6. The van der Waals surface area contributed by atoms with Gasteiger partial charge in [-0.2, -0.15) is 0 Å². The van der Waals surface area contributed by atoms with Gasteiger partial charge in [-0.3, -0.25) is 0 Å². The largest absolute Gasteiger partial charge is 2.00 e. The Bertz CT molecular complexity index is 3160. The van der Waals surface area contributed by atoms with Crippen molar-refractivity contribution in [2.45, 2.75) is 0 Å². The van der Waals surface area contributed by atoms with E-state index in [9.17, 15) is 0 Å². The molecule has 12 nitrogen and oxygen atoms in total. The van der Waals surface area contributed by atoms with Crippen LogP contribution in [0.3, 0.4) is 0 Å². The quantitative estimate of drug-likeness (QED) is 0.148. The van der Waals surface area contributed by atoms with Crippen LogP contribution in [0.1, 0.15) is 0 Å². The van der Waals surface area contributed by atoms with Gasteiger partial charge in [-0.1, -0.05) is 84.9 Å². The number of aromatic nitrogens is 8. The fourth-order valence-corrected chi connectivity index (χ4v) is 7.58. The summed E-state index contributed by atoms with van der Waals surface area (Å²) in [5.74, 6) is 4.02. The molecular formula is C48H34N10O2Zn. The second-order valence-corrected chi connectivity index (χ2v) is 15.0. The van der Waals surface area contributed by atoms with Crippen LogP contribution in [0, 0.1) is 0 Å². The fourth-order valence-electron chi connectivity index (χ4n) is 7.58. The second kappa shape index (κ2) is 15.0. The van der Waals surface area contributed by atoms with Gasteiger partial charge in [-0.05, 0) is 57.9 Å². The number of anilines is 2.